The number of nitrogens with one attached hydrogen (secondary N) is 1. The lowest BCUT2D eigenvalue weighted by Crippen LogP contribution is -2.30. The van der Waals surface area contributed by atoms with Crippen molar-refractivity contribution in [2.45, 2.75) is 26.3 Å². The largest absolute Gasteiger partial charge is 0.497 e. The second-order valence-corrected chi connectivity index (χ2v) is 5.70. The molecule has 1 aliphatic heterocycles. The maximum Gasteiger partial charge on any atom is 0.142 e. The number of rotatable bonds is 6. The van der Waals surface area contributed by atoms with Crippen molar-refractivity contribution in [3.63, 3.8) is 0 Å². The summed E-state index contributed by atoms with van der Waals surface area (Å²) in [5.74, 6) is 2.50. The van der Waals surface area contributed by atoms with Gasteiger partial charge in [0.15, 0.2) is 0 Å². The van der Waals surface area contributed by atoms with Gasteiger partial charge in [-0.3, -0.25) is 0 Å². The molecular weight excluding hydrogens is 252 g/mol. The first-order valence-electron chi connectivity index (χ1n) is 7.34. The number of nitrogens with zero attached hydrogens (tertiary/aromatic N) is 1. The second-order valence-electron chi connectivity index (χ2n) is 5.70. The maximum atomic E-state index is 5.48. The van der Waals surface area contributed by atoms with Crippen molar-refractivity contribution in [1.29, 1.82) is 0 Å². The van der Waals surface area contributed by atoms with E-state index in [1.165, 1.54) is 6.42 Å². The third-order valence-corrected chi connectivity index (χ3v) is 3.83. The van der Waals surface area contributed by atoms with Gasteiger partial charge in [0.2, 0.25) is 0 Å². The molecule has 1 unspecified atom stereocenters. The minimum atomic E-state index is 0.551. The van der Waals surface area contributed by atoms with E-state index in [1.54, 1.807) is 14.2 Å². The highest BCUT2D eigenvalue weighted by molar-refractivity contribution is 5.62. The monoisotopic (exact) mass is 278 g/mol. The lowest BCUT2D eigenvalue weighted by atomic mass is 10.1. The zero-order chi connectivity index (χ0) is 14.5. The van der Waals surface area contributed by atoms with E-state index in [-0.39, 0.29) is 0 Å². The van der Waals surface area contributed by atoms with Crippen molar-refractivity contribution >= 4 is 5.69 Å². The summed E-state index contributed by atoms with van der Waals surface area (Å²) in [7, 11) is 3.42. The van der Waals surface area contributed by atoms with Gasteiger partial charge < -0.3 is 19.7 Å². The summed E-state index contributed by atoms with van der Waals surface area (Å²) in [6.07, 6.45) is 1.22. The van der Waals surface area contributed by atoms with E-state index in [4.69, 9.17) is 9.47 Å². The van der Waals surface area contributed by atoms with Crippen molar-refractivity contribution in [2.75, 3.05) is 38.8 Å². The van der Waals surface area contributed by atoms with Gasteiger partial charge in [0.05, 0.1) is 19.9 Å². The van der Waals surface area contributed by atoms with Crippen LogP contribution in [0.15, 0.2) is 18.2 Å². The molecule has 1 aliphatic rings. The molecule has 0 bridgehead atoms. The molecule has 0 saturated carbocycles. The Morgan fingerprint density at radius 1 is 1.30 bits per heavy atom. The topological polar surface area (TPSA) is 33.7 Å². The summed E-state index contributed by atoms with van der Waals surface area (Å²) in [5, 5.41) is 3.53. The Kier molecular flexibility index (Phi) is 5.12. The van der Waals surface area contributed by atoms with E-state index in [9.17, 15) is 0 Å². The van der Waals surface area contributed by atoms with Gasteiger partial charge in [-0.05, 0) is 31.0 Å². The molecule has 20 heavy (non-hydrogen) atoms. The van der Waals surface area contributed by atoms with Crippen molar-refractivity contribution in [1.82, 2.24) is 5.32 Å². The number of benzene rings is 1. The number of anilines is 1. The van der Waals surface area contributed by atoms with Gasteiger partial charge in [0, 0.05) is 25.2 Å². The number of hydrogen-bond donors (Lipinski definition) is 1. The molecule has 4 nitrogen and oxygen atoms in total. The summed E-state index contributed by atoms with van der Waals surface area (Å²) in [6.45, 7) is 7.62. The number of hydrogen-bond acceptors (Lipinski definition) is 4. The van der Waals surface area contributed by atoms with Crippen molar-refractivity contribution in [2.24, 2.45) is 5.92 Å². The average Bonchev–Trinajstić information content (AvgIpc) is 2.93. The summed E-state index contributed by atoms with van der Waals surface area (Å²) in [5.41, 5.74) is 1.14. The average molecular weight is 278 g/mol. The fourth-order valence-electron chi connectivity index (χ4n) is 2.66. The minimum absolute atomic E-state index is 0.551. The molecular formula is C16H26N2O2. The van der Waals surface area contributed by atoms with Gasteiger partial charge in [-0.2, -0.15) is 0 Å². The van der Waals surface area contributed by atoms with Gasteiger partial charge in [-0.1, -0.05) is 13.8 Å². The molecule has 1 saturated heterocycles. The Morgan fingerprint density at radius 2 is 2.10 bits per heavy atom. The molecule has 1 fully saturated rings. The lowest BCUT2D eigenvalue weighted by molar-refractivity contribution is 0.403. The van der Waals surface area contributed by atoms with Gasteiger partial charge >= 0.3 is 0 Å². The predicted octanol–water partition coefficient (Wildman–Crippen LogP) is 2.53. The first-order valence-corrected chi connectivity index (χ1v) is 7.34. The zero-order valence-corrected chi connectivity index (χ0v) is 13.0. The first-order chi connectivity index (χ1) is 9.63. The lowest BCUT2D eigenvalue weighted by Gasteiger charge is -2.22. The molecule has 1 aromatic rings. The van der Waals surface area contributed by atoms with Crippen molar-refractivity contribution in [3.05, 3.63) is 18.2 Å². The summed E-state index contributed by atoms with van der Waals surface area (Å²) >= 11 is 0. The van der Waals surface area contributed by atoms with E-state index < -0.39 is 0 Å². The van der Waals surface area contributed by atoms with E-state index in [0.717, 1.165) is 36.8 Å². The van der Waals surface area contributed by atoms with Crippen LogP contribution in [0.4, 0.5) is 5.69 Å². The Labute approximate surface area is 122 Å². The smallest absolute Gasteiger partial charge is 0.142 e. The van der Waals surface area contributed by atoms with Crippen LogP contribution in [-0.4, -0.2) is 39.9 Å². The summed E-state index contributed by atoms with van der Waals surface area (Å²) < 4.78 is 10.8. The van der Waals surface area contributed by atoms with Crippen LogP contribution in [0.2, 0.25) is 0 Å². The standard InChI is InChI=1S/C16H26N2O2/c1-12(2)17-10-13-7-8-18(11-13)15-9-14(19-3)5-6-16(15)20-4/h5-6,9,12-13,17H,7-8,10-11H2,1-4H3. The van der Waals surface area contributed by atoms with Crippen molar-refractivity contribution in [3.8, 4) is 11.5 Å². The molecule has 0 amide bonds. The Morgan fingerprint density at radius 3 is 2.75 bits per heavy atom. The van der Waals surface area contributed by atoms with Crippen LogP contribution < -0.4 is 19.7 Å². The fraction of sp³-hybridized carbons (Fsp3) is 0.625. The molecule has 0 aromatic heterocycles. The van der Waals surface area contributed by atoms with E-state index >= 15 is 0 Å². The Hall–Kier alpha value is -1.42. The highest BCUT2D eigenvalue weighted by Crippen LogP contribution is 2.35. The molecule has 1 atom stereocenters. The van der Waals surface area contributed by atoms with Gasteiger partial charge in [0.1, 0.15) is 11.5 Å². The third-order valence-electron chi connectivity index (χ3n) is 3.83. The third kappa shape index (κ3) is 3.57. The van der Waals surface area contributed by atoms with Gasteiger partial charge in [0.25, 0.3) is 0 Å². The summed E-state index contributed by atoms with van der Waals surface area (Å²) in [6, 6.07) is 6.54. The van der Waals surface area contributed by atoms with Crippen LogP contribution >= 0.6 is 0 Å². The van der Waals surface area contributed by atoms with Crippen LogP contribution in [0.25, 0.3) is 0 Å². The molecule has 4 heteroatoms. The Bertz CT molecular complexity index is 434. The maximum absolute atomic E-state index is 5.48. The molecule has 1 N–H and O–H groups in total. The molecule has 1 aromatic carbocycles. The molecule has 0 spiro atoms. The van der Waals surface area contributed by atoms with Crippen molar-refractivity contribution < 1.29 is 9.47 Å². The SMILES string of the molecule is COc1ccc(OC)c(N2CCC(CNC(C)C)C2)c1. The van der Waals surface area contributed by atoms with Gasteiger partial charge in [-0.15, -0.1) is 0 Å². The van der Waals surface area contributed by atoms with Crippen LogP contribution in [0.5, 0.6) is 11.5 Å². The fourth-order valence-corrected chi connectivity index (χ4v) is 2.66. The highest BCUT2D eigenvalue weighted by Gasteiger charge is 2.25. The number of methoxy groups -OCH3 is 2. The highest BCUT2D eigenvalue weighted by atomic mass is 16.5. The summed E-state index contributed by atoms with van der Waals surface area (Å²) in [4.78, 5) is 2.40. The first kappa shape index (κ1) is 15.0. The molecule has 0 aliphatic carbocycles. The molecule has 0 radical (unpaired) electrons. The molecule has 1 heterocycles. The zero-order valence-electron chi connectivity index (χ0n) is 13.0. The molecule has 112 valence electrons. The van der Waals surface area contributed by atoms with E-state index in [1.807, 2.05) is 12.1 Å². The number of ether oxygens (including phenoxy) is 2. The van der Waals surface area contributed by atoms with Crippen LogP contribution in [0.3, 0.4) is 0 Å². The van der Waals surface area contributed by atoms with Gasteiger partial charge in [-0.25, -0.2) is 0 Å². The van der Waals surface area contributed by atoms with Crippen LogP contribution in [-0.2, 0) is 0 Å². The quantitative estimate of drug-likeness (QED) is 0.867. The van der Waals surface area contributed by atoms with Crippen LogP contribution in [0.1, 0.15) is 20.3 Å². The second kappa shape index (κ2) is 6.84. The van der Waals surface area contributed by atoms with E-state index in [2.05, 4.69) is 30.1 Å². The molecule has 2 rings (SSSR count). The van der Waals surface area contributed by atoms with Crippen LogP contribution in [0, 0.1) is 5.92 Å². The predicted molar refractivity (Wildman–Crippen MR) is 83.0 cm³/mol. The minimum Gasteiger partial charge on any atom is -0.497 e. The van der Waals surface area contributed by atoms with E-state index in [0.29, 0.717) is 12.0 Å². The Balaban J connectivity index is 2.05. The normalized spacial score (nSPS) is 18.6.